The molecule has 1 unspecified atom stereocenters. The van der Waals surface area contributed by atoms with E-state index in [0.717, 1.165) is 37.7 Å². The number of fused-ring (bicyclic) bond motifs is 1. The molecule has 0 bridgehead atoms. The number of primary amides is 1. The molecule has 0 heterocycles. The average Bonchev–Trinajstić information content (AvgIpc) is 2.63. The molecule has 4 nitrogen and oxygen atoms in total. The van der Waals surface area contributed by atoms with Gasteiger partial charge >= 0.3 is 0 Å². The molecule has 2 aromatic rings. The molecule has 0 spiro atoms. The molecule has 3 rings (SSSR count). The molecule has 0 saturated heterocycles. The van der Waals surface area contributed by atoms with Crippen molar-refractivity contribution in [1.82, 2.24) is 0 Å². The predicted molar refractivity (Wildman–Crippen MR) is 112 cm³/mol. The van der Waals surface area contributed by atoms with Crippen LogP contribution in [0.4, 0.5) is 0 Å². The van der Waals surface area contributed by atoms with Crippen LogP contribution in [0.5, 0.6) is 11.5 Å². The van der Waals surface area contributed by atoms with E-state index in [0.29, 0.717) is 24.3 Å². The number of benzene rings is 2. The molecular weight excluding hydrogens is 350 g/mol. The van der Waals surface area contributed by atoms with Crippen molar-refractivity contribution in [3.8, 4) is 11.5 Å². The summed E-state index contributed by atoms with van der Waals surface area (Å²) < 4.78 is 5.89. The summed E-state index contributed by atoms with van der Waals surface area (Å²) in [5.74, 6) is -0.0293. The summed E-state index contributed by atoms with van der Waals surface area (Å²) in [6.45, 7) is 4.88. The van der Waals surface area contributed by atoms with Gasteiger partial charge in [0.05, 0.1) is 12.5 Å². The second kappa shape index (κ2) is 8.68. The second-order valence-corrected chi connectivity index (χ2v) is 8.66. The first-order valence-electron chi connectivity index (χ1n) is 10.2. The summed E-state index contributed by atoms with van der Waals surface area (Å²) in [4.78, 5) is 11.9. The van der Waals surface area contributed by atoms with Crippen LogP contribution in [-0.2, 0) is 17.6 Å². The molecule has 1 aliphatic carbocycles. The molecule has 0 radical (unpaired) electrons. The lowest BCUT2D eigenvalue weighted by Crippen LogP contribution is -2.33. The number of hydrogen-bond acceptors (Lipinski definition) is 3. The molecule has 0 fully saturated rings. The van der Waals surface area contributed by atoms with E-state index in [-0.39, 0.29) is 17.1 Å². The summed E-state index contributed by atoms with van der Waals surface area (Å²) in [5, 5.41) is 10.5. The molecule has 4 heteroatoms. The number of nitrogens with two attached hydrogens (primary N) is 1. The van der Waals surface area contributed by atoms with Crippen molar-refractivity contribution in [1.29, 1.82) is 0 Å². The minimum atomic E-state index is -0.439. The highest BCUT2D eigenvalue weighted by Crippen LogP contribution is 2.46. The minimum Gasteiger partial charge on any atom is -0.507 e. The lowest BCUT2D eigenvalue weighted by Gasteiger charge is -2.36. The van der Waals surface area contributed by atoms with Gasteiger partial charge < -0.3 is 15.6 Å². The first-order valence-corrected chi connectivity index (χ1v) is 10.2. The highest BCUT2D eigenvalue weighted by Gasteiger charge is 2.37. The Hall–Kier alpha value is -2.49. The summed E-state index contributed by atoms with van der Waals surface area (Å²) in [6, 6.07) is 14.1. The Morgan fingerprint density at radius 2 is 1.93 bits per heavy atom. The average molecular weight is 382 g/mol. The van der Waals surface area contributed by atoms with Gasteiger partial charge in [-0.15, -0.1) is 0 Å². The van der Waals surface area contributed by atoms with Crippen molar-refractivity contribution in [3.05, 3.63) is 59.2 Å². The maximum Gasteiger partial charge on any atom is 0.225 e. The quantitative estimate of drug-likeness (QED) is 0.650. The van der Waals surface area contributed by atoms with Crippen LogP contribution in [0.15, 0.2) is 42.5 Å². The largest absolute Gasteiger partial charge is 0.507 e. The van der Waals surface area contributed by atoms with E-state index in [1.165, 1.54) is 5.56 Å². The number of phenols is 1. The van der Waals surface area contributed by atoms with Gasteiger partial charge in [-0.05, 0) is 61.1 Å². The summed E-state index contributed by atoms with van der Waals surface area (Å²) in [7, 11) is 0. The lowest BCUT2D eigenvalue weighted by molar-refractivity contribution is -0.120. The van der Waals surface area contributed by atoms with Crippen LogP contribution in [0.25, 0.3) is 0 Å². The Bertz CT molecular complexity index is 814. The van der Waals surface area contributed by atoms with Gasteiger partial charge in [-0.3, -0.25) is 4.79 Å². The molecule has 1 aliphatic rings. The van der Waals surface area contributed by atoms with E-state index in [4.69, 9.17) is 10.5 Å². The summed E-state index contributed by atoms with van der Waals surface area (Å²) >= 11 is 0. The molecule has 1 atom stereocenters. The first-order chi connectivity index (χ1) is 13.4. The van der Waals surface area contributed by atoms with Crippen molar-refractivity contribution in [2.45, 2.75) is 58.3 Å². The van der Waals surface area contributed by atoms with Gasteiger partial charge in [0.2, 0.25) is 5.91 Å². The number of carbonyl (C=O) groups is 1. The van der Waals surface area contributed by atoms with Crippen LogP contribution in [0.2, 0.25) is 0 Å². The Kier molecular flexibility index (Phi) is 6.28. The number of unbranched alkanes of at least 4 members (excludes halogenated alkanes) is 2. The smallest absolute Gasteiger partial charge is 0.225 e. The van der Waals surface area contributed by atoms with Gasteiger partial charge in [0.1, 0.15) is 11.5 Å². The highest BCUT2D eigenvalue weighted by atomic mass is 16.5. The van der Waals surface area contributed by atoms with Gasteiger partial charge in [0.15, 0.2) is 0 Å². The molecule has 0 saturated carbocycles. The van der Waals surface area contributed by atoms with Crippen LogP contribution in [0.3, 0.4) is 0 Å². The maximum atomic E-state index is 11.9. The van der Waals surface area contributed by atoms with Crippen LogP contribution in [-0.4, -0.2) is 17.6 Å². The first kappa shape index (κ1) is 20.2. The number of amides is 1. The van der Waals surface area contributed by atoms with E-state index in [9.17, 15) is 9.90 Å². The highest BCUT2D eigenvalue weighted by molar-refractivity contribution is 5.84. The third-order valence-corrected chi connectivity index (χ3v) is 5.56. The fraction of sp³-hybridized carbons (Fsp3) is 0.458. The van der Waals surface area contributed by atoms with Crippen molar-refractivity contribution in [2.75, 3.05) is 6.61 Å². The Labute approximate surface area is 167 Å². The molecule has 1 amide bonds. The van der Waals surface area contributed by atoms with Crippen molar-refractivity contribution in [3.63, 3.8) is 0 Å². The third kappa shape index (κ3) is 5.06. The Balaban J connectivity index is 1.55. The molecule has 150 valence electrons. The SMILES string of the molecule is CC1(C)Cc2cc(OCCCCCc3ccccc3)cc(O)c2C(C(N)=O)C1. The van der Waals surface area contributed by atoms with Gasteiger partial charge in [-0.2, -0.15) is 0 Å². The number of aryl methyl sites for hydroxylation is 1. The maximum absolute atomic E-state index is 11.9. The standard InChI is InChI=1S/C24H31NO3/c1-24(2)15-18-13-19(14-21(26)22(18)20(16-24)23(25)27)28-12-8-4-7-11-17-9-5-3-6-10-17/h3,5-6,9-10,13-14,20,26H,4,7-8,11-12,15-16H2,1-2H3,(H2,25,27). The lowest BCUT2D eigenvalue weighted by atomic mass is 9.68. The van der Waals surface area contributed by atoms with Crippen LogP contribution in [0, 0.1) is 5.41 Å². The molecule has 0 aliphatic heterocycles. The van der Waals surface area contributed by atoms with E-state index >= 15 is 0 Å². The summed E-state index contributed by atoms with van der Waals surface area (Å²) in [5.41, 5.74) is 8.59. The number of aromatic hydroxyl groups is 1. The number of ether oxygens (including phenoxy) is 1. The van der Waals surface area contributed by atoms with E-state index in [1.807, 2.05) is 12.1 Å². The minimum absolute atomic E-state index is 0.0325. The fourth-order valence-electron chi connectivity index (χ4n) is 4.23. The number of hydrogen-bond donors (Lipinski definition) is 2. The van der Waals surface area contributed by atoms with Gasteiger partial charge in [-0.1, -0.05) is 44.2 Å². The second-order valence-electron chi connectivity index (χ2n) is 8.66. The van der Waals surface area contributed by atoms with Crippen molar-refractivity contribution < 1.29 is 14.6 Å². The predicted octanol–water partition coefficient (Wildman–Crippen LogP) is 4.73. The fourth-order valence-corrected chi connectivity index (χ4v) is 4.23. The number of carbonyl (C=O) groups excluding carboxylic acids is 1. The number of rotatable bonds is 8. The zero-order chi connectivity index (χ0) is 20.1. The third-order valence-electron chi connectivity index (χ3n) is 5.56. The zero-order valence-corrected chi connectivity index (χ0v) is 16.9. The molecule has 28 heavy (non-hydrogen) atoms. The van der Waals surface area contributed by atoms with E-state index < -0.39 is 5.92 Å². The summed E-state index contributed by atoms with van der Waals surface area (Å²) in [6.07, 6.45) is 5.75. The monoisotopic (exact) mass is 381 g/mol. The Morgan fingerprint density at radius 3 is 2.64 bits per heavy atom. The van der Waals surface area contributed by atoms with Crippen molar-refractivity contribution in [2.24, 2.45) is 11.1 Å². The van der Waals surface area contributed by atoms with Crippen LogP contribution >= 0.6 is 0 Å². The van der Waals surface area contributed by atoms with Crippen molar-refractivity contribution >= 4 is 5.91 Å². The van der Waals surface area contributed by atoms with Gasteiger partial charge in [0.25, 0.3) is 0 Å². The molecule has 0 aromatic heterocycles. The van der Waals surface area contributed by atoms with Crippen LogP contribution < -0.4 is 10.5 Å². The Morgan fingerprint density at radius 1 is 1.18 bits per heavy atom. The normalized spacial score (nSPS) is 17.7. The molecule has 3 N–H and O–H groups in total. The topological polar surface area (TPSA) is 72.6 Å². The van der Waals surface area contributed by atoms with E-state index in [1.54, 1.807) is 6.07 Å². The van der Waals surface area contributed by atoms with Crippen LogP contribution in [0.1, 0.15) is 62.1 Å². The van der Waals surface area contributed by atoms with Gasteiger partial charge in [-0.25, -0.2) is 0 Å². The van der Waals surface area contributed by atoms with Gasteiger partial charge in [0, 0.05) is 11.6 Å². The molecule has 2 aromatic carbocycles. The van der Waals surface area contributed by atoms with E-state index in [2.05, 4.69) is 38.1 Å². The molecular formula is C24H31NO3. The zero-order valence-electron chi connectivity index (χ0n) is 16.9. The number of phenolic OH excluding ortho intramolecular Hbond substituents is 1.